The third-order valence-electron chi connectivity index (χ3n) is 7.25. The van der Waals surface area contributed by atoms with Gasteiger partial charge < -0.3 is 45.3 Å². The number of likely N-dealkylation sites (N-methyl/N-ethyl adjacent to an activating group) is 1. The first kappa shape index (κ1) is 24.7. The molecule has 1 atom stereocenters. The van der Waals surface area contributed by atoms with Crippen molar-refractivity contribution >= 4 is 16.8 Å². The van der Waals surface area contributed by atoms with Crippen LogP contribution in [0, 0.1) is 0 Å². The number of hydrogen-bond acceptors (Lipinski definition) is 9. The number of amides is 1. The van der Waals surface area contributed by atoms with Gasteiger partial charge in [-0.1, -0.05) is 18.2 Å². The number of hydrogen-bond donors (Lipinski definition) is 7. The zero-order chi connectivity index (χ0) is 25.9. The topological polar surface area (TPSA) is 170 Å². The minimum Gasteiger partial charge on any atom is -0.435 e. The minimum absolute atomic E-state index is 0.113. The largest absolute Gasteiger partial charge is 0.435 e. The van der Waals surface area contributed by atoms with Gasteiger partial charge in [0.05, 0.1) is 6.54 Å². The highest BCUT2D eigenvalue weighted by molar-refractivity contribution is 5.98. The van der Waals surface area contributed by atoms with Gasteiger partial charge in [-0.25, -0.2) is 0 Å². The van der Waals surface area contributed by atoms with Crippen LogP contribution in [0.5, 0.6) is 5.75 Å². The van der Waals surface area contributed by atoms with Gasteiger partial charge in [-0.15, -0.1) is 0 Å². The molecule has 0 spiro atoms. The Hall–Kier alpha value is -3.03. The summed E-state index contributed by atoms with van der Waals surface area (Å²) in [4.78, 5) is 18.4. The van der Waals surface area contributed by atoms with Crippen molar-refractivity contribution in [3.05, 3.63) is 65.4 Å². The number of carbonyl (C=O) groups excluding carboxylic acids is 1. The Kier molecular flexibility index (Phi) is 5.84. The lowest BCUT2D eigenvalue weighted by atomic mass is 10.0. The summed E-state index contributed by atoms with van der Waals surface area (Å²) in [7, 11) is 2.06. The maximum Gasteiger partial charge on any atom is 0.387 e. The summed E-state index contributed by atoms with van der Waals surface area (Å²) in [6.45, 7) is 0.609. The fraction of sp³-hybridized carbons (Fsp3) is 0.400. The molecule has 1 aromatic heterocycles. The van der Waals surface area contributed by atoms with E-state index in [4.69, 9.17) is 4.74 Å². The Labute approximate surface area is 206 Å². The Balaban J connectivity index is 1.40. The van der Waals surface area contributed by atoms with Gasteiger partial charge in [0, 0.05) is 28.7 Å². The normalized spacial score (nSPS) is 19.4. The summed E-state index contributed by atoms with van der Waals surface area (Å²) in [5.41, 5.74) is 2.24. The van der Waals surface area contributed by atoms with Crippen molar-refractivity contribution in [2.45, 2.75) is 49.5 Å². The van der Waals surface area contributed by atoms with Crippen LogP contribution in [-0.4, -0.2) is 88.6 Å². The van der Waals surface area contributed by atoms with Crippen molar-refractivity contribution in [2.24, 2.45) is 0 Å². The standard InChI is InChI=1S/C25H29N3O8/c1-27-10-4-6-17(27)11-16-13-26-21-9-8-18(12-20(16)21)36-25(34,35)23(30,31)24(32,33)28-14-15-5-2-3-7-19(15)22(28)29/h2-3,5,7-9,12-13,17,26,30-35H,4,6,10-11,14H2,1H3. The number of benzene rings is 2. The van der Waals surface area contributed by atoms with Gasteiger partial charge in [0.25, 0.3) is 5.91 Å². The molecule has 3 heterocycles. The maximum atomic E-state index is 12.7. The average Bonchev–Trinajstić information content (AvgIpc) is 3.52. The van der Waals surface area contributed by atoms with Gasteiger partial charge in [-0.3, -0.25) is 9.69 Å². The average molecular weight is 500 g/mol. The Bertz CT molecular complexity index is 1300. The zero-order valence-electron chi connectivity index (χ0n) is 19.6. The predicted octanol–water partition coefficient (Wildman–Crippen LogP) is -0.203. The lowest BCUT2D eigenvalue weighted by Crippen LogP contribution is -2.75. The van der Waals surface area contributed by atoms with Crippen LogP contribution in [0.3, 0.4) is 0 Å². The van der Waals surface area contributed by atoms with Crippen LogP contribution in [0.25, 0.3) is 10.9 Å². The van der Waals surface area contributed by atoms with Crippen molar-refractivity contribution in [1.29, 1.82) is 0 Å². The fourth-order valence-electron chi connectivity index (χ4n) is 5.03. The summed E-state index contributed by atoms with van der Waals surface area (Å²) < 4.78 is 5.08. The van der Waals surface area contributed by atoms with E-state index in [1.54, 1.807) is 24.3 Å². The van der Waals surface area contributed by atoms with Crippen molar-refractivity contribution in [2.75, 3.05) is 13.6 Å². The number of H-pyrrole nitrogens is 1. The van der Waals surface area contributed by atoms with Crippen LogP contribution < -0.4 is 4.74 Å². The minimum atomic E-state index is -4.14. The van der Waals surface area contributed by atoms with Gasteiger partial charge in [0.15, 0.2) is 0 Å². The molecule has 1 fully saturated rings. The molecule has 1 amide bonds. The molecule has 7 N–H and O–H groups in total. The fourth-order valence-corrected chi connectivity index (χ4v) is 5.03. The highest BCUT2D eigenvalue weighted by atomic mass is 16.8. The molecule has 2 aromatic carbocycles. The lowest BCUT2D eigenvalue weighted by Gasteiger charge is -2.44. The molecule has 1 unspecified atom stereocenters. The Morgan fingerprint density at radius 2 is 1.83 bits per heavy atom. The van der Waals surface area contributed by atoms with Crippen LogP contribution >= 0.6 is 0 Å². The quantitative estimate of drug-likeness (QED) is 0.218. The molecule has 0 radical (unpaired) electrons. The first-order valence-corrected chi connectivity index (χ1v) is 11.7. The number of aromatic nitrogens is 1. The lowest BCUT2D eigenvalue weighted by molar-refractivity contribution is -0.518. The summed E-state index contributed by atoms with van der Waals surface area (Å²) in [5.74, 6) is -13.0. The van der Waals surface area contributed by atoms with Gasteiger partial charge in [-0.05, 0) is 68.2 Å². The maximum absolute atomic E-state index is 12.7. The SMILES string of the molecule is CN1CCCC1Cc1c[nH]c2ccc(OC(O)(O)C(O)(O)C(O)(O)N3Cc4ccccc4C3=O)cc12. The molecule has 36 heavy (non-hydrogen) atoms. The monoisotopic (exact) mass is 499 g/mol. The number of nitrogens with one attached hydrogen (secondary N) is 1. The molecule has 11 heteroatoms. The number of carbonyl (C=O) groups is 1. The highest BCUT2D eigenvalue weighted by Gasteiger charge is 2.68. The van der Waals surface area contributed by atoms with Gasteiger partial charge in [0.2, 0.25) is 0 Å². The van der Waals surface area contributed by atoms with Gasteiger partial charge in [-0.2, -0.15) is 0 Å². The van der Waals surface area contributed by atoms with Crippen molar-refractivity contribution in [1.82, 2.24) is 14.8 Å². The van der Waals surface area contributed by atoms with E-state index in [9.17, 15) is 35.4 Å². The summed E-state index contributed by atoms with van der Waals surface area (Å²) in [6, 6.07) is 11.0. The molecule has 192 valence electrons. The molecule has 2 aliphatic rings. The third kappa shape index (κ3) is 3.85. The van der Waals surface area contributed by atoms with E-state index >= 15 is 0 Å². The second-order valence-corrected chi connectivity index (χ2v) is 9.57. The molecule has 11 nitrogen and oxygen atoms in total. The Morgan fingerprint density at radius 3 is 2.53 bits per heavy atom. The van der Waals surface area contributed by atoms with Gasteiger partial charge >= 0.3 is 17.7 Å². The van der Waals surface area contributed by atoms with Gasteiger partial charge in [0.1, 0.15) is 5.75 Å². The molecule has 1 saturated heterocycles. The van der Waals surface area contributed by atoms with Crippen molar-refractivity contribution < 1.29 is 40.2 Å². The van der Waals surface area contributed by atoms with E-state index in [0.29, 0.717) is 16.5 Å². The number of ether oxygens (including phenoxy) is 1. The van der Waals surface area contributed by atoms with E-state index in [1.165, 1.54) is 18.2 Å². The Morgan fingerprint density at radius 1 is 1.08 bits per heavy atom. The molecule has 3 aromatic rings. The number of fused-ring (bicyclic) bond motifs is 2. The molecule has 2 aliphatic heterocycles. The predicted molar refractivity (Wildman–Crippen MR) is 126 cm³/mol. The first-order valence-electron chi connectivity index (χ1n) is 11.7. The van der Waals surface area contributed by atoms with Crippen molar-refractivity contribution in [3.63, 3.8) is 0 Å². The van der Waals surface area contributed by atoms with E-state index in [-0.39, 0.29) is 11.3 Å². The molecule has 0 saturated carbocycles. The highest BCUT2D eigenvalue weighted by Crippen LogP contribution is 2.38. The van der Waals surface area contributed by atoms with E-state index in [2.05, 4.69) is 16.9 Å². The van der Waals surface area contributed by atoms with Crippen LogP contribution in [0.4, 0.5) is 0 Å². The molecule has 0 bridgehead atoms. The van der Waals surface area contributed by atoms with E-state index in [1.807, 2.05) is 6.20 Å². The zero-order valence-corrected chi connectivity index (χ0v) is 19.6. The number of aromatic amines is 1. The molecular weight excluding hydrogens is 470 g/mol. The number of nitrogens with zero attached hydrogens (tertiary/aromatic N) is 2. The number of likely N-dealkylation sites (tertiary alicyclic amines) is 1. The second kappa shape index (κ2) is 8.53. The van der Waals surface area contributed by atoms with Crippen molar-refractivity contribution in [3.8, 4) is 5.75 Å². The number of rotatable bonds is 7. The van der Waals surface area contributed by atoms with Crippen LogP contribution in [0.2, 0.25) is 0 Å². The second-order valence-electron chi connectivity index (χ2n) is 9.57. The third-order valence-corrected chi connectivity index (χ3v) is 7.25. The molecule has 0 aliphatic carbocycles. The summed E-state index contributed by atoms with van der Waals surface area (Å²) in [5, 5.41) is 64.1. The smallest absolute Gasteiger partial charge is 0.387 e. The first-order chi connectivity index (χ1) is 16.9. The van der Waals surface area contributed by atoms with E-state index < -0.39 is 30.1 Å². The van der Waals surface area contributed by atoms with E-state index in [0.717, 1.165) is 42.3 Å². The molecule has 5 rings (SSSR count). The van der Waals surface area contributed by atoms with Crippen LogP contribution in [0.1, 0.15) is 34.3 Å². The summed E-state index contributed by atoms with van der Waals surface area (Å²) in [6.07, 6.45) is 4.78. The van der Waals surface area contributed by atoms with Crippen LogP contribution in [0.15, 0.2) is 48.7 Å². The number of aliphatic hydroxyl groups is 6. The molecular formula is C25H29N3O8. The summed E-state index contributed by atoms with van der Waals surface area (Å²) >= 11 is 0. The van der Waals surface area contributed by atoms with Crippen LogP contribution in [-0.2, 0) is 13.0 Å².